The van der Waals surface area contributed by atoms with Crippen molar-refractivity contribution in [2.75, 3.05) is 13.1 Å². The molecule has 0 amide bonds. The lowest BCUT2D eigenvalue weighted by molar-refractivity contribution is 0.131. The van der Waals surface area contributed by atoms with Crippen LogP contribution in [0.15, 0.2) is 24.3 Å². The fourth-order valence-electron chi connectivity index (χ4n) is 2.48. The van der Waals surface area contributed by atoms with Crippen molar-refractivity contribution in [2.24, 2.45) is 5.92 Å². The minimum atomic E-state index is -0.116. The van der Waals surface area contributed by atoms with Gasteiger partial charge in [0, 0.05) is 0 Å². The van der Waals surface area contributed by atoms with E-state index < -0.39 is 0 Å². The first kappa shape index (κ1) is 13.4. The van der Waals surface area contributed by atoms with Crippen LogP contribution in [0.3, 0.4) is 0 Å². The predicted octanol–water partition coefficient (Wildman–Crippen LogP) is 3.41. The molecule has 18 heavy (non-hydrogen) atoms. The van der Waals surface area contributed by atoms with Crippen LogP contribution in [0.1, 0.15) is 39.2 Å². The minimum Gasteiger partial charge on any atom is -0.488 e. The Labute approximate surface area is 111 Å². The summed E-state index contributed by atoms with van der Waals surface area (Å²) in [7, 11) is 0. The second-order valence-corrected chi connectivity index (χ2v) is 6.27. The van der Waals surface area contributed by atoms with Crippen molar-refractivity contribution in [1.29, 1.82) is 0 Å². The van der Waals surface area contributed by atoms with Crippen LogP contribution in [0, 0.1) is 5.92 Å². The molecular formula is C16H25NO. The smallest absolute Gasteiger partial charge is 0.120 e. The molecule has 1 N–H and O–H groups in total. The van der Waals surface area contributed by atoms with Crippen LogP contribution >= 0.6 is 0 Å². The standard InChI is InChI=1S/C16H25NO/c1-16(2,3)18-15-8-6-13(7-9-15)11-14-5-4-10-17-12-14/h6-9,14,17H,4-5,10-12H2,1-3H3/t14-/m0/s1. The molecule has 1 aliphatic heterocycles. The Morgan fingerprint density at radius 3 is 2.50 bits per heavy atom. The Bertz CT molecular complexity index is 358. The summed E-state index contributed by atoms with van der Waals surface area (Å²) >= 11 is 0. The summed E-state index contributed by atoms with van der Waals surface area (Å²) in [6.45, 7) is 8.59. The Morgan fingerprint density at radius 1 is 1.22 bits per heavy atom. The summed E-state index contributed by atoms with van der Waals surface area (Å²) < 4.78 is 5.83. The second kappa shape index (κ2) is 5.75. The van der Waals surface area contributed by atoms with Gasteiger partial charge in [-0.3, -0.25) is 0 Å². The first-order valence-corrected chi connectivity index (χ1v) is 7.02. The topological polar surface area (TPSA) is 21.3 Å². The van der Waals surface area contributed by atoms with Gasteiger partial charge in [-0.15, -0.1) is 0 Å². The van der Waals surface area contributed by atoms with Crippen molar-refractivity contribution < 1.29 is 4.74 Å². The third kappa shape index (κ3) is 4.34. The van der Waals surface area contributed by atoms with E-state index in [1.807, 2.05) is 0 Å². The van der Waals surface area contributed by atoms with Gasteiger partial charge in [0.2, 0.25) is 0 Å². The zero-order valence-corrected chi connectivity index (χ0v) is 11.8. The molecule has 1 heterocycles. The molecule has 0 aromatic heterocycles. The highest BCUT2D eigenvalue weighted by Crippen LogP contribution is 2.21. The summed E-state index contributed by atoms with van der Waals surface area (Å²) in [6.07, 6.45) is 3.85. The van der Waals surface area contributed by atoms with Crippen LogP contribution in [-0.4, -0.2) is 18.7 Å². The molecule has 100 valence electrons. The van der Waals surface area contributed by atoms with E-state index in [4.69, 9.17) is 4.74 Å². The highest BCUT2D eigenvalue weighted by atomic mass is 16.5. The van der Waals surface area contributed by atoms with Gasteiger partial charge in [-0.1, -0.05) is 12.1 Å². The quantitative estimate of drug-likeness (QED) is 0.884. The lowest BCUT2D eigenvalue weighted by Crippen LogP contribution is -2.30. The van der Waals surface area contributed by atoms with E-state index >= 15 is 0 Å². The van der Waals surface area contributed by atoms with Gasteiger partial charge < -0.3 is 10.1 Å². The van der Waals surface area contributed by atoms with Gasteiger partial charge in [-0.2, -0.15) is 0 Å². The second-order valence-electron chi connectivity index (χ2n) is 6.27. The number of nitrogens with one attached hydrogen (secondary N) is 1. The van der Waals surface area contributed by atoms with Gasteiger partial charge in [0.15, 0.2) is 0 Å². The van der Waals surface area contributed by atoms with Crippen molar-refractivity contribution >= 4 is 0 Å². The minimum absolute atomic E-state index is 0.116. The molecule has 1 fully saturated rings. The number of hydrogen-bond acceptors (Lipinski definition) is 2. The van der Waals surface area contributed by atoms with Crippen LogP contribution in [0.5, 0.6) is 5.75 Å². The Balaban J connectivity index is 1.90. The van der Waals surface area contributed by atoms with E-state index in [0.29, 0.717) is 0 Å². The Hall–Kier alpha value is -1.02. The fourth-order valence-corrected chi connectivity index (χ4v) is 2.48. The summed E-state index contributed by atoms with van der Waals surface area (Å²) in [4.78, 5) is 0. The molecule has 0 saturated carbocycles. The summed E-state index contributed by atoms with van der Waals surface area (Å²) in [5, 5.41) is 3.47. The number of ether oxygens (including phenoxy) is 1. The van der Waals surface area contributed by atoms with Crippen molar-refractivity contribution in [3.63, 3.8) is 0 Å². The van der Waals surface area contributed by atoms with Gasteiger partial charge in [0.1, 0.15) is 11.4 Å². The van der Waals surface area contributed by atoms with E-state index in [0.717, 1.165) is 11.7 Å². The van der Waals surface area contributed by atoms with E-state index in [2.05, 4.69) is 50.4 Å². The molecular weight excluding hydrogens is 222 g/mol. The van der Waals surface area contributed by atoms with Gasteiger partial charge in [-0.25, -0.2) is 0 Å². The van der Waals surface area contributed by atoms with Crippen LogP contribution in [-0.2, 0) is 6.42 Å². The third-order valence-electron chi connectivity index (χ3n) is 3.27. The number of hydrogen-bond donors (Lipinski definition) is 1. The fraction of sp³-hybridized carbons (Fsp3) is 0.625. The third-order valence-corrected chi connectivity index (χ3v) is 3.27. The van der Waals surface area contributed by atoms with Crippen molar-refractivity contribution in [3.8, 4) is 5.75 Å². The van der Waals surface area contributed by atoms with Gasteiger partial charge in [0.05, 0.1) is 0 Å². The maximum Gasteiger partial charge on any atom is 0.120 e. The number of piperidine rings is 1. The van der Waals surface area contributed by atoms with Crippen molar-refractivity contribution in [1.82, 2.24) is 5.32 Å². The molecule has 0 bridgehead atoms. The van der Waals surface area contributed by atoms with Crippen LogP contribution < -0.4 is 10.1 Å². The maximum absolute atomic E-state index is 5.83. The SMILES string of the molecule is CC(C)(C)Oc1ccc(C[C@@H]2CCCNC2)cc1. The first-order chi connectivity index (χ1) is 8.53. The lowest BCUT2D eigenvalue weighted by atomic mass is 9.92. The first-order valence-electron chi connectivity index (χ1n) is 7.02. The Kier molecular flexibility index (Phi) is 4.28. The molecule has 1 atom stereocenters. The van der Waals surface area contributed by atoms with Crippen molar-refractivity contribution in [2.45, 2.75) is 45.6 Å². The average molecular weight is 247 g/mol. The number of benzene rings is 1. The van der Waals surface area contributed by atoms with Crippen LogP contribution in [0.2, 0.25) is 0 Å². The summed E-state index contributed by atoms with van der Waals surface area (Å²) in [6, 6.07) is 8.60. The number of rotatable bonds is 3. The van der Waals surface area contributed by atoms with Crippen LogP contribution in [0.25, 0.3) is 0 Å². The van der Waals surface area contributed by atoms with E-state index in [-0.39, 0.29) is 5.60 Å². The van der Waals surface area contributed by atoms with E-state index in [1.165, 1.54) is 37.9 Å². The highest BCUT2D eigenvalue weighted by molar-refractivity contribution is 5.28. The maximum atomic E-state index is 5.83. The molecule has 2 nitrogen and oxygen atoms in total. The molecule has 1 aromatic rings. The molecule has 1 aromatic carbocycles. The zero-order chi connectivity index (χ0) is 13.0. The normalized spacial score (nSPS) is 20.7. The molecule has 1 aliphatic rings. The monoisotopic (exact) mass is 247 g/mol. The van der Waals surface area contributed by atoms with Gasteiger partial charge in [0.25, 0.3) is 0 Å². The van der Waals surface area contributed by atoms with E-state index in [9.17, 15) is 0 Å². The summed E-state index contributed by atoms with van der Waals surface area (Å²) in [5.74, 6) is 1.76. The molecule has 2 rings (SSSR count). The molecule has 0 spiro atoms. The average Bonchev–Trinajstić information content (AvgIpc) is 2.31. The van der Waals surface area contributed by atoms with Crippen molar-refractivity contribution in [3.05, 3.63) is 29.8 Å². The summed E-state index contributed by atoms with van der Waals surface area (Å²) in [5.41, 5.74) is 1.30. The van der Waals surface area contributed by atoms with E-state index in [1.54, 1.807) is 0 Å². The predicted molar refractivity (Wildman–Crippen MR) is 76.1 cm³/mol. The van der Waals surface area contributed by atoms with Gasteiger partial charge >= 0.3 is 0 Å². The van der Waals surface area contributed by atoms with Gasteiger partial charge in [-0.05, 0) is 76.7 Å². The Morgan fingerprint density at radius 2 is 1.94 bits per heavy atom. The highest BCUT2D eigenvalue weighted by Gasteiger charge is 2.14. The molecule has 1 saturated heterocycles. The molecule has 0 unspecified atom stereocenters. The molecule has 2 heteroatoms. The zero-order valence-electron chi connectivity index (χ0n) is 11.8. The molecule has 0 radical (unpaired) electrons. The van der Waals surface area contributed by atoms with Crippen LogP contribution in [0.4, 0.5) is 0 Å². The largest absolute Gasteiger partial charge is 0.488 e. The molecule has 0 aliphatic carbocycles. The lowest BCUT2D eigenvalue weighted by Gasteiger charge is -2.23.